The summed E-state index contributed by atoms with van der Waals surface area (Å²) in [6.45, 7) is 0.378. The number of sulfone groups is 1. The van der Waals surface area contributed by atoms with Gasteiger partial charge in [0.2, 0.25) is 0 Å². The number of methoxy groups -OCH3 is 1. The molecule has 1 atom stereocenters. The summed E-state index contributed by atoms with van der Waals surface area (Å²) in [6.07, 6.45) is 1.79. The van der Waals surface area contributed by atoms with Crippen LogP contribution in [0.25, 0.3) is 6.08 Å². The fraction of sp³-hybridized carbons (Fsp3) is 0.273. The number of amides is 1. The van der Waals surface area contributed by atoms with Gasteiger partial charge in [-0.1, -0.05) is 36.4 Å². The average Bonchev–Trinajstić information content (AvgIpc) is 3.09. The van der Waals surface area contributed by atoms with Crippen molar-refractivity contribution < 1.29 is 22.7 Å². The van der Waals surface area contributed by atoms with Crippen LogP contribution in [0.5, 0.6) is 11.5 Å². The predicted molar refractivity (Wildman–Crippen MR) is 113 cm³/mol. The minimum atomic E-state index is -3.12. The van der Waals surface area contributed by atoms with E-state index in [1.807, 2.05) is 36.4 Å². The van der Waals surface area contributed by atoms with Gasteiger partial charge in [-0.25, -0.2) is 8.42 Å². The Hall–Kier alpha value is -3.31. The Morgan fingerprint density at radius 1 is 1.23 bits per heavy atom. The number of carbonyl (C=O) groups excluding carboxylic acids is 1. The summed E-state index contributed by atoms with van der Waals surface area (Å²) < 4.78 is 34.3. The Kier molecular flexibility index (Phi) is 6.75. The van der Waals surface area contributed by atoms with E-state index in [-0.39, 0.29) is 17.1 Å². The summed E-state index contributed by atoms with van der Waals surface area (Å²) >= 11 is 0. The van der Waals surface area contributed by atoms with Crippen molar-refractivity contribution in [2.45, 2.75) is 19.1 Å². The zero-order valence-electron chi connectivity index (χ0n) is 16.5. The van der Waals surface area contributed by atoms with Crippen LogP contribution in [0.1, 0.15) is 17.5 Å². The SMILES string of the molecule is COc1cc(C=C(C#N)C(=O)NC2CCS(=O)(=O)C2)ccc1OCc1ccccc1. The maximum absolute atomic E-state index is 12.4. The molecule has 2 aromatic carbocycles. The number of nitriles is 1. The summed E-state index contributed by atoms with van der Waals surface area (Å²) in [6, 6.07) is 16.2. The second-order valence-corrected chi connectivity index (χ2v) is 9.16. The fourth-order valence-corrected chi connectivity index (χ4v) is 4.79. The molecule has 0 saturated carbocycles. The first-order valence-electron chi connectivity index (χ1n) is 9.38. The summed E-state index contributed by atoms with van der Waals surface area (Å²) in [5, 5.41) is 12.0. The maximum atomic E-state index is 12.4. The minimum Gasteiger partial charge on any atom is -0.493 e. The summed E-state index contributed by atoms with van der Waals surface area (Å²) in [4.78, 5) is 12.4. The van der Waals surface area contributed by atoms with E-state index >= 15 is 0 Å². The lowest BCUT2D eigenvalue weighted by Crippen LogP contribution is -2.36. The number of ether oxygens (including phenoxy) is 2. The number of rotatable bonds is 7. The van der Waals surface area contributed by atoms with Crippen LogP contribution in [0.4, 0.5) is 0 Å². The molecule has 3 rings (SSSR count). The second-order valence-electron chi connectivity index (χ2n) is 6.93. The highest BCUT2D eigenvalue weighted by Gasteiger charge is 2.29. The van der Waals surface area contributed by atoms with Crippen LogP contribution in [0, 0.1) is 11.3 Å². The van der Waals surface area contributed by atoms with E-state index in [1.54, 1.807) is 18.2 Å². The Bertz CT molecular complexity index is 1090. The molecule has 0 aromatic heterocycles. The minimum absolute atomic E-state index is 0.0468. The quantitative estimate of drug-likeness (QED) is 0.539. The third-order valence-electron chi connectivity index (χ3n) is 4.67. The zero-order valence-corrected chi connectivity index (χ0v) is 17.3. The van der Waals surface area contributed by atoms with Gasteiger partial charge in [0.15, 0.2) is 21.3 Å². The number of hydrogen-bond acceptors (Lipinski definition) is 6. The normalized spacial score (nSPS) is 17.7. The summed E-state index contributed by atoms with van der Waals surface area (Å²) in [5.41, 5.74) is 1.49. The van der Waals surface area contributed by atoms with E-state index in [9.17, 15) is 18.5 Å². The van der Waals surface area contributed by atoms with Crippen molar-refractivity contribution in [2.75, 3.05) is 18.6 Å². The Morgan fingerprint density at radius 2 is 2.00 bits per heavy atom. The van der Waals surface area contributed by atoms with Gasteiger partial charge in [-0.15, -0.1) is 0 Å². The molecule has 1 aliphatic heterocycles. The molecule has 1 N–H and O–H groups in total. The van der Waals surface area contributed by atoms with Crippen LogP contribution in [0.2, 0.25) is 0 Å². The van der Waals surface area contributed by atoms with E-state index in [4.69, 9.17) is 9.47 Å². The van der Waals surface area contributed by atoms with E-state index in [0.29, 0.717) is 30.1 Å². The molecule has 0 aliphatic carbocycles. The molecule has 8 heteroatoms. The van der Waals surface area contributed by atoms with Gasteiger partial charge in [-0.05, 0) is 35.8 Å². The van der Waals surface area contributed by atoms with Crippen molar-refractivity contribution in [2.24, 2.45) is 0 Å². The van der Waals surface area contributed by atoms with Crippen molar-refractivity contribution in [1.29, 1.82) is 5.26 Å². The highest BCUT2D eigenvalue weighted by atomic mass is 32.2. The Labute approximate surface area is 175 Å². The largest absolute Gasteiger partial charge is 0.493 e. The first-order chi connectivity index (χ1) is 14.4. The van der Waals surface area contributed by atoms with Gasteiger partial charge in [-0.3, -0.25) is 4.79 Å². The van der Waals surface area contributed by atoms with Crippen molar-refractivity contribution in [3.05, 3.63) is 65.2 Å². The van der Waals surface area contributed by atoms with Crippen molar-refractivity contribution >= 4 is 21.8 Å². The molecule has 2 aromatic rings. The lowest BCUT2D eigenvalue weighted by Gasteiger charge is -2.12. The number of hydrogen-bond donors (Lipinski definition) is 1. The Morgan fingerprint density at radius 3 is 2.63 bits per heavy atom. The average molecular weight is 426 g/mol. The molecule has 30 heavy (non-hydrogen) atoms. The molecule has 1 amide bonds. The third kappa shape index (κ3) is 5.61. The van der Waals surface area contributed by atoms with E-state index in [1.165, 1.54) is 13.2 Å². The number of carbonyl (C=O) groups is 1. The van der Waals surface area contributed by atoms with Crippen LogP contribution >= 0.6 is 0 Å². The van der Waals surface area contributed by atoms with Gasteiger partial charge in [0, 0.05) is 6.04 Å². The van der Waals surface area contributed by atoms with Crippen LogP contribution < -0.4 is 14.8 Å². The monoisotopic (exact) mass is 426 g/mol. The first-order valence-corrected chi connectivity index (χ1v) is 11.2. The van der Waals surface area contributed by atoms with Crippen LogP contribution in [-0.4, -0.2) is 39.0 Å². The Balaban J connectivity index is 1.71. The summed E-state index contributed by atoms with van der Waals surface area (Å²) in [7, 11) is -1.61. The molecule has 1 fully saturated rings. The second kappa shape index (κ2) is 9.46. The zero-order chi connectivity index (χ0) is 21.6. The topological polar surface area (TPSA) is 105 Å². The van der Waals surface area contributed by atoms with Crippen molar-refractivity contribution in [3.8, 4) is 17.6 Å². The van der Waals surface area contributed by atoms with Crippen LogP contribution in [0.3, 0.4) is 0 Å². The van der Waals surface area contributed by atoms with Gasteiger partial charge in [0.25, 0.3) is 5.91 Å². The molecule has 1 heterocycles. The molecule has 156 valence electrons. The highest BCUT2D eigenvalue weighted by Crippen LogP contribution is 2.29. The first kappa shape index (κ1) is 21.4. The van der Waals surface area contributed by atoms with E-state index in [2.05, 4.69) is 5.32 Å². The third-order valence-corrected chi connectivity index (χ3v) is 6.44. The molecule has 0 spiro atoms. The molecular weight excluding hydrogens is 404 g/mol. The van der Waals surface area contributed by atoms with Gasteiger partial charge in [0.1, 0.15) is 18.2 Å². The molecule has 0 radical (unpaired) electrons. The number of nitrogens with zero attached hydrogens (tertiary/aromatic N) is 1. The lowest BCUT2D eigenvalue weighted by atomic mass is 10.1. The predicted octanol–water partition coefficient (Wildman–Crippen LogP) is 2.48. The van der Waals surface area contributed by atoms with Crippen LogP contribution in [-0.2, 0) is 21.2 Å². The van der Waals surface area contributed by atoms with E-state index in [0.717, 1.165) is 5.56 Å². The smallest absolute Gasteiger partial charge is 0.262 e. The lowest BCUT2D eigenvalue weighted by molar-refractivity contribution is -0.117. The fourth-order valence-electron chi connectivity index (χ4n) is 3.12. The van der Waals surface area contributed by atoms with Crippen molar-refractivity contribution in [3.63, 3.8) is 0 Å². The molecule has 1 saturated heterocycles. The molecular formula is C22H22N2O5S. The van der Waals surface area contributed by atoms with Crippen molar-refractivity contribution in [1.82, 2.24) is 5.32 Å². The molecule has 1 unspecified atom stereocenters. The number of nitrogens with one attached hydrogen (secondary N) is 1. The van der Waals surface area contributed by atoms with Crippen LogP contribution in [0.15, 0.2) is 54.1 Å². The highest BCUT2D eigenvalue weighted by molar-refractivity contribution is 7.91. The van der Waals surface area contributed by atoms with Gasteiger partial charge >= 0.3 is 0 Å². The molecule has 0 bridgehead atoms. The van der Waals surface area contributed by atoms with Gasteiger partial charge < -0.3 is 14.8 Å². The molecule has 7 nitrogen and oxygen atoms in total. The standard InChI is InChI=1S/C22H22N2O5S/c1-28-21-12-17(7-8-20(21)29-14-16-5-3-2-4-6-16)11-18(13-23)22(25)24-19-9-10-30(26,27)15-19/h2-8,11-12,19H,9-10,14-15H2,1H3,(H,24,25). The maximum Gasteiger partial charge on any atom is 0.262 e. The van der Waals surface area contributed by atoms with E-state index < -0.39 is 21.8 Å². The summed E-state index contributed by atoms with van der Waals surface area (Å²) in [5.74, 6) is 0.365. The van der Waals surface area contributed by atoms with Gasteiger partial charge in [0.05, 0.1) is 18.6 Å². The molecule has 1 aliphatic rings. The number of benzene rings is 2. The van der Waals surface area contributed by atoms with Gasteiger partial charge in [-0.2, -0.15) is 5.26 Å².